The lowest BCUT2D eigenvalue weighted by atomic mass is 9.88. The molecule has 0 aromatic heterocycles. The normalized spacial score (nSPS) is 19.3. The first kappa shape index (κ1) is 28.1. The smallest absolute Gasteiger partial charge is 0.410 e. The van der Waals surface area contributed by atoms with Gasteiger partial charge in [0, 0.05) is 51.8 Å². The summed E-state index contributed by atoms with van der Waals surface area (Å²) in [6.45, 7) is 12.0. The van der Waals surface area contributed by atoms with Crippen molar-refractivity contribution in [2.75, 3.05) is 47.1 Å². The second kappa shape index (κ2) is 13.0. The molecular formula is C26H43NO7. The number of ether oxygens (including phenoxy) is 5. The molecule has 1 heterocycles. The molecule has 1 aliphatic rings. The third-order valence-electron chi connectivity index (χ3n) is 5.91. The van der Waals surface area contributed by atoms with Crippen LogP contribution in [0.4, 0.5) is 4.79 Å². The van der Waals surface area contributed by atoms with Crippen LogP contribution in [0.1, 0.15) is 47.5 Å². The van der Waals surface area contributed by atoms with E-state index in [0.717, 1.165) is 12.8 Å². The van der Waals surface area contributed by atoms with Gasteiger partial charge in [-0.15, -0.1) is 0 Å². The molecule has 0 spiro atoms. The van der Waals surface area contributed by atoms with E-state index in [1.165, 1.54) is 0 Å². The average molecular weight is 482 g/mol. The Kier molecular flexibility index (Phi) is 10.8. The zero-order chi connectivity index (χ0) is 25.3. The average Bonchev–Trinajstić information content (AvgIpc) is 3.18. The standard InChI is InChI=1S/C26H43NO7/c1-18(2)23(13-19-15-27(16-20(19)17-28)25(29)34-26(3,4)5)33-21-9-10-22(31-7)24(14-21)32-12-8-11-30-6/h9-10,14,18-20,23,28H,8,11-13,15-17H2,1-7H3/t19-,20-,23-/m0/s1. The van der Waals surface area contributed by atoms with Crippen molar-refractivity contribution in [2.24, 2.45) is 17.8 Å². The number of amides is 1. The van der Waals surface area contributed by atoms with Crippen LogP contribution in [0.15, 0.2) is 18.2 Å². The van der Waals surface area contributed by atoms with Crippen molar-refractivity contribution in [1.82, 2.24) is 4.90 Å². The van der Waals surface area contributed by atoms with Crippen LogP contribution in [0.25, 0.3) is 0 Å². The second-order valence-electron chi connectivity index (χ2n) is 10.2. The monoisotopic (exact) mass is 481 g/mol. The minimum absolute atomic E-state index is 0.00656. The largest absolute Gasteiger partial charge is 0.493 e. The van der Waals surface area contributed by atoms with Crippen LogP contribution in [0.2, 0.25) is 0 Å². The van der Waals surface area contributed by atoms with Crippen LogP contribution < -0.4 is 14.2 Å². The molecule has 34 heavy (non-hydrogen) atoms. The number of likely N-dealkylation sites (tertiary alicyclic amines) is 1. The first-order valence-electron chi connectivity index (χ1n) is 12.1. The van der Waals surface area contributed by atoms with Crippen molar-refractivity contribution in [1.29, 1.82) is 0 Å². The summed E-state index contributed by atoms with van der Waals surface area (Å²) in [6.07, 6.45) is 1.07. The molecule has 1 fully saturated rings. The Labute approximate surface area is 204 Å². The molecule has 1 saturated heterocycles. The molecular weight excluding hydrogens is 438 g/mol. The van der Waals surface area contributed by atoms with Gasteiger partial charge in [-0.05, 0) is 51.2 Å². The van der Waals surface area contributed by atoms with Crippen molar-refractivity contribution in [3.8, 4) is 17.2 Å². The zero-order valence-electron chi connectivity index (χ0n) is 21.8. The lowest BCUT2D eigenvalue weighted by Gasteiger charge is -2.28. The van der Waals surface area contributed by atoms with Crippen molar-refractivity contribution in [3.63, 3.8) is 0 Å². The summed E-state index contributed by atoms with van der Waals surface area (Å²) in [6, 6.07) is 5.57. The number of carbonyl (C=O) groups excluding carboxylic acids is 1. The Morgan fingerprint density at radius 3 is 2.41 bits per heavy atom. The van der Waals surface area contributed by atoms with Crippen LogP contribution in [0.5, 0.6) is 17.2 Å². The maximum Gasteiger partial charge on any atom is 0.410 e. The number of nitrogens with zero attached hydrogens (tertiary/aromatic N) is 1. The minimum atomic E-state index is -0.550. The van der Waals surface area contributed by atoms with Crippen molar-refractivity contribution >= 4 is 6.09 Å². The maximum atomic E-state index is 12.6. The van der Waals surface area contributed by atoms with Gasteiger partial charge in [0.1, 0.15) is 17.5 Å². The van der Waals surface area contributed by atoms with Gasteiger partial charge in [-0.3, -0.25) is 0 Å². The molecule has 1 aromatic carbocycles. The minimum Gasteiger partial charge on any atom is -0.493 e. The highest BCUT2D eigenvalue weighted by Gasteiger charge is 2.38. The van der Waals surface area contributed by atoms with E-state index in [1.807, 2.05) is 39.0 Å². The molecule has 0 radical (unpaired) electrons. The number of aliphatic hydroxyl groups excluding tert-OH is 1. The SMILES string of the molecule is COCCCOc1cc(O[C@@H](C[C@H]2CN(C(=O)OC(C)(C)C)C[C@H]2CO)C(C)C)ccc1OC. The van der Waals surface area contributed by atoms with E-state index in [-0.39, 0.29) is 36.6 Å². The van der Waals surface area contributed by atoms with Gasteiger partial charge in [0.15, 0.2) is 11.5 Å². The fraction of sp³-hybridized carbons (Fsp3) is 0.731. The Bertz CT molecular complexity index is 762. The first-order valence-corrected chi connectivity index (χ1v) is 12.1. The van der Waals surface area contributed by atoms with E-state index in [4.69, 9.17) is 23.7 Å². The van der Waals surface area contributed by atoms with E-state index < -0.39 is 5.60 Å². The Balaban J connectivity index is 2.08. The molecule has 1 aliphatic heterocycles. The molecule has 194 valence electrons. The Morgan fingerprint density at radius 2 is 1.82 bits per heavy atom. The van der Waals surface area contributed by atoms with Crippen LogP contribution in [0, 0.1) is 17.8 Å². The molecule has 0 unspecified atom stereocenters. The molecule has 3 atom stereocenters. The summed E-state index contributed by atoms with van der Waals surface area (Å²) in [5, 5.41) is 9.97. The van der Waals surface area contributed by atoms with Gasteiger partial charge in [-0.2, -0.15) is 0 Å². The van der Waals surface area contributed by atoms with E-state index >= 15 is 0 Å². The van der Waals surface area contributed by atoms with E-state index in [9.17, 15) is 9.90 Å². The van der Waals surface area contributed by atoms with Gasteiger partial charge < -0.3 is 33.7 Å². The maximum absolute atomic E-state index is 12.6. The van der Waals surface area contributed by atoms with Crippen molar-refractivity contribution < 1.29 is 33.6 Å². The summed E-state index contributed by atoms with van der Waals surface area (Å²) in [5.74, 6) is 2.33. The van der Waals surface area contributed by atoms with E-state index in [0.29, 0.717) is 43.6 Å². The molecule has 0 bridgehead atoms. The summed E-state index contributed by atoms with van der Waals surface area (Å²) in [7, 11) is 3.28. The summed E-state index contributed by atoms with van der Waals surface area (Å²) >= 11 is 0. The number of methoxy groups -OCH3 is 2. The molecule has 8 nitrogen and oxygen atoms in total. The Morgan fingerprint density at radius 1 is 1.12 bits per heavy atom. The van der Waals surface area contributed by atoms with Crippen molar-refractivity contribution in [2.45, 2.75) is 59.2 Å². The number of aliphatic hydroxyl groups is 1. The van der Waals surface area contributed by atoms with E-state index in [1.54, 1.807) is 19.1 Å². The van der Waals surface area contributed by atoms with Crippen LogP contribution in [-0.2, 0) is 9.47 Å². The molecule has 0 aliphatic carbocycles. The quantitative estimate of drug-likeness (QED) is 0.443. The molecule has 1 amide bonds. The number of benzene rings is 1. The highest BCUT2D eigenvalue weighted by molar-refractivity contribution is 5.68. The molecule has 8 heteroatoms. The number of hydrogen-bond donors (Lipinski definition) is 1. The Hall–Kier alpha value is -2.19. The fourth-order valence-corrected chi connectivity index (χ4v) is 4.05. The van der Waals surface area contributed by atoms with Gasteiger partial charge >= 0.3 is 6.09 Å². The zero-order valence-corrected chi connectivity index (χ0v) is 21.8. The van der Waals surface area contributed by atoms with Gasteiger partial charge in [0.2, 0.25) is 0 Å². The van der Waals surface area contributed by atoms with Crippen LogP contribution >= 0.6 is 0 Å². The predicted molar refractivity (Wildman–Crippen MR) is 131 cm³/mol. The van der Waals surface area contributed by atoms with Crippen LogP contribution in [-0.4, -0.2) is 74.9 Å². The summed E-state index contributed by atoms with van der Waals surface area (Å²) in [4.78, 5) is 14.3. The number of hydrogen-bond acceptors (Lipinski definition) is 7. The summed E-state index contributed by atoms with van der Waals surface area (Å²) < 4.78 is 28.3. The molecule has 2 rings (SSSR count). The first-order chi connectivity index (χ1) is 16.1. The molecule has 0 saturated carbocycles. The molecule has 1 aromatic rings. The van der Waals surface area contributed by atoms with Crippen molar-refractivity contribution in [3.05, 3.63) is 18.2 Å². The third-order valence-corrected chi connectivity index (χ3v) is 5.91. The lowest BCUT2D eigenvalue weighted by molar-refractivity contribution is 0.0277. The highest BCUT2D eigenvalue weighted by Crippen LogP contribution is 2.35. The van der Waals surface area contributed by atoms with E-state index in [2.05, 4.69) is 13.8 Å². The van der Waals surface area contributed by atoms with Gasteiger partial charge in [0.25, 0.3) is 0 Å². The molecule has 1 N–H and O–H groups in total. The van der Waals surface area contributed by atoms with Gasteiger partial charge in [-0.25, -0.2) is 4.79 Å². The van der Waals surface area contributed by atoms with Gasteiger partial charge in [0.05, 0.1) is 13.7 Å². The number of carbonyl (C=O) groups is 1. The summed E-state index contributed by atoms with van der Waals surface area (Å²) in [5.41, 5.74) is -0.550. The third kappa shape index (κ3) is 8.55. The number of rotatable bonds is 12. The topological polar surface area (TPSA) is 86.7 Å². The second-order valence-corrected chi connectivity index (χ2v) is 10.2. The highest BCUT2D eigenvalue weighted by atomic mass is 16.6. The van der Waals surface area contributed by atoms with Crippen LogP contribution in [0.3, 0.4) is 0 Å². The van der Waals surface area contributed by atoms with Gasteiger partial charge in [-0.1, -0.05) is 13.8 Å². The fourth-order valence-electron chi connectivity index (χ4n) is 4.05. The predicted octanol–water partition coefficient (Wildman–Crippen LogP) is 4.38. The lowest BCUT2D eigenvalue weighted by Crippen LogP contribution is -2.36.